The highest BCUT2D eigenvalue weighted by molar-refractivity contribution is 9.10. The molecule has 1 N–H and O–H groups in total. The Balaban J connectivity index is 2.18. The molecule has 116 valence electrons. The number of pyridine rings is 1. The molecule has 2 aromatic rings. The number of aliphatic imine (C=N–C) groups is 1. The number of nitrogens with one attached hydrogen (secondary N) is 1. The smallest absolute Gasteiger partial charge is 0.305 e. The van der Waals surface area contributed by atoms with Gasteiger partial charge >= 0.3 is 5.97 Å². The SMILES string of the molecule is CC(=O)OC1N=C(c2ccccn2)c2cc(Br)ccc2NC1=O. The number of halogens is 1. The molecule has 1 aliphatic heterocycles. The number of carbonyl (C=O) groups is 2. The molecule has 1 aromatic carbocycles. The third-order valence-corrected chi connectivity index (χ3v) is 3.64. The molecule has 0 fully saturated rings. The number of fused-ring (bicyclic) bond motifs is 1. The number of hydrogen-bond acceptors (Lipinski definition) is 5. The summed E-state index contributed by atoms with van der Waals surface area (Å²) < 4.78 is 5.85. The summed E-state index contributed by atoms with van der Waals surface area (Å²) >= 11 is 3.41. The minimum absolute atomic E-state index is 0.478. The number of aromatic nitrogens is 1. The molecule has 3 rings (SSSR count). The van der Waals surface area contributed by atoms with Gasteiger partial charge in [0.25, 0.3) is 12.1 Å². The van der Waals surface area contributed by atoms with Crippen LogP contribution in [0.3, 0.4) is 0 Å². The first kappa shape index (κ1) is 15.4. The molecule has 1 aliphatic rings. The first-order chi connectivity index (χ1) is 11.0. The number of esters is 1. The zero-order valence-corrected chi connectivity index (χ0v) is 13.7. The lowest BCUT2D eigenvalue weighted by Crippen LogP contribution is -2.29. The minimum Gasteiger partial charge on any atom is -0.430 e. The normalized spacial score (nSPS) is 16.7. The maximum absolute atomic E-state index is 12.2. The molecule has 0 radical (unpaired) electrons. The Hall–Kier alpha value is -2.54. The van der Waals surface area contributed by atoms with E-state index in [9.17, 15) is 9.59 Å². The fourth-order valence-electron chi connectivity index (χ4n) is 2.21. The molecule has 0 saturated heterocycles. The summed E-state index contributed by atoms with van der Waals surface area (Å²) in [4.78, 5) is 32.1. The van der Waals surface area contributed by atoms with E-state index in [2.05, 4.69) is 31.2 Å². The Morgan fingerprint density at radius 2 is 2.13 bits per heavy atom. The van der Waals surface area contributed by atoms with E-state index in [4.69, 9.17) is 4.74 Å². The molecule has 0 saturated carbocycles. The van der Waals surface area contributed by atoms with Gasteiger partial charge in [-0.05, 0) is 30.3 Å². The van der Waals surface area contributed by atoms with Crippen LogP contribution in [0, 0.1) is 0 Å². The van der Waals surface area contributed by atoms with E-state index in [1.807, 2.05) is 12.1 Å². The van der Waals surface area contributed by atoms with Crippen molar-refractivity contribution in [3.63, 3.8) is 0 Å². The Morgan fingerprint density at radius 3 is 2.83 bits per heavy atom. The van der Waals surface area contributed by atoms with Crippen molar-refractivity contribution in [1.82, 2.24) is 4.98 Å². The second-order valence-electron chi connectivity index (χ2n) is 4.83. The van der Waals surface area contributed by atoms with E-state index in [1.54, 1.807) is 30.5 Å². The second kappa shape index (κ2) is 6.29. The van der Waals surface area contributed by atoms with Crippen LogP contribution in [0.1, 0.15) is 18.2 Å². The largest absolute Gasteiger partial charge is 0.430 e. The zero-order valence-electron chi connectivity index (χ0n) is 12.1. The van der Waals surface area contributed by atoms with Crippen molar-refractivity contribution >= 4 is 39.2 Å². The van der Waals surface area contributed by atoms with Gasteiger partial charge in [-0.25, -0.2) is 4.99 Å². The molecule has 0 bridgehead atoms. The van der Waals surface area contributed by atoms with Crippen molar-refractivity contribution in [3.8, 4) is 0 Å². The van der Waals surface area contributed by atoms with Gasteiger partial charge in [-0.3, -0.25) is 14.6 Å². The minimum atomic E-state index is -1.25. The van der Waals surface area contributed by atoms with Crippen LogP contribution in [0.15, 0.2) is 52.1 Å². The second-order valence-corrected chi connectivity index (χ2v) is 5.75. The highest BCUT2D eigenvalue weighted by atomic mass is 79.9. The van der Waals surface area contributed by atoms with Crippen LogP contribution >= 0.6 is 15.9 Å². The maximum Gasteiger partial charge on any atom is 0.305 e. The van der Waals surface area contributed by atoms with Gasteiger partial charge in [-0.1, -0.05) is 22.0 Å². The van der Waals surface area contributed by atoms with Gasteiger partial charge in [0.05, 0.1) is 17.1 Å². The summed E-state index contributed by atoms with van der Waals surface area (Å²) in [6.07, 6.45) is 0.381. The van der Waals surface area contributed by atoms with Crippen LogP contribution < -0.4 is 5.32 Å². The molecule has 0 aliphatic carbocycles. The van der Waals surface area contributed by atoms with E-state index < -0.39 is 18.1 Å². The van der Waals surface area contributed by atoms with Crippen molar-refractivity contribution in [2.75, 3.05) is 5.32 Å². The Morgan fingerprint density at radius 1 is 1.30 bits per heavy atom. The number of benzodiazepines with no additional fused rings is 1. The van der Waals surface area contributed by atoms with Gasteiger partial charge in [-0.15, -0.1) is 0 Å². The highest BCUT2D eigenvalue weighted by Crippen LogP contribution is 2.27. The first-order valence-electron chi connectivity index (χ1n) is 6.82. The summed E-state index contributed by atoms with van der Waals surface area (Å²) in [7, 11) is 0. The number of amides is 1. The topological polar surface area (TPSA) is 80.7 Å². The van der Waals surface area contributed by atoms with Crippen molar-refractivity contribution in [2.45, 2.75) is 13.2 Å². The molecular formula is C16H12BrN3O3. The fourth-order valence-corrected chi connectivity index (χ4v) is 2.57. The van der Waals surface area contributed by atoms with Gasteiger partial charge in [0.1, 0.15) is 0 Å². The zero-order chi connectivity index (χ0) is 16.4. The van der Waals surface area contributed by atoms with Crippen LogP contribution in [-0.4, -0.2) is 28.8 Å². The molecule has 0 spiro atoms. The number of ether oxygens (including phenoxy) is 1. The lowest BCUT2D eigenvalue weighted by atomic mass is 10.0. The van der Waals surface area contributed by atoms with Crippen molar-refractivity contribution in [3.05, 3.63) is 58.3 Å². The Bertz CT molecular complexity index is 805. The quantitative estimate of drug-likeness (QED) is 0.820. The molecule has 1 amide bonds. The highest BCUT2D eigenvalue weighted by Gasteiger charge is 2.28. The van der Waals surface area contributed by atoms with Crippen LogP contribution in [-0.2, 0) is 14.3 Å². The molecule has 1 atom stereocenters. The van der Waals surface area contributed by atoms with Gasteiger partial charge < -0.3 is 10.1 Å². The van der Waals surface area contributed by atoms with Crippen molar-refractivity contribution < 1.29 is 14.3 Å². The molecular weight excluding hydrogens is 362 g/mol. The monoisotopic (exact) mass is 373 g/mol. The molecule has 6 nitrogen and oxygen atoms in total. The number of benzene rings is 1. The standard InChI is InChI=1S/C16H12BrN3O3/c1-9(21)23-16-15(22)19-12-6-5-10(17)8-11(12)14(20-16)13-4-2-3-7-18-13/h2-8,16H,1H3,(H,19,22). The molecule has 2 heterocycles. The van der Waals surface area contributed by atoms with Crippen LogP contribution in [0.2, 0.25) is 0 Å². The van der Waals surface area contributed by atoms with Crippen LogP contribution in [0.5, 0.6) is 0 Å². The van der Waals surface area contributed by atoms with Crippen LogP contribution in [0.4, 0.5) is 5.69 Å². The third kappa shape index (κ3) is 3.29. The predicted octanol–water partition coefficient (Wildman–Crippen LogP) is 2.52. The summed E-state index contributed by atoms with van der Waals surface area (Å²) in [5.41, 5.74) is 2.34. The van der Waals surface area contributed by atoms with Gasteiger partial charge in [0.15, 0.2) is 0 Å². The molecule has 23 heavy (non-hydrogen) atoms. The predicted molar refractivity (Wildman–Crippen MR) is 88.2 cm³/mol. The first-order valence-corrected chi connectivity index (χ1v) is 7.61. The molecule has 7 heteroatoms. The maximum atomic E-state index is 12.2. The van der Waals surface area contributed by atoms with Gasteiger partial charge in [0, 0.05) is 23.2 Å². The number of hydrogen-bond donors (Lipinski definition) is 1. The number of nitrogens with zero attached hydrogens (tertiary/aromatic N) is 2. The van der Waals surface area contributed by atoms with E-state index in [1.165, 1.54) is 6.92 Å². The van der Waals surface area contributed by atoms with Gasteiger partial charge in [0.2, 0.25) is 0 Å². The lowest BCUT2D eigenvalue weighted by Gasteiger charge is -2.10. The average molecular weight is 374 g/mol. The van der Waals surface area contributed by atoms with E-state index in [-0.39, 0.29) is 0 Å². The van der Waals surface area contributed by atoms with E-state index in [0.29, 0.717) is 22.7 Å². The number of carbonyl (C=O) groups excluding carboxylic acids is 2. The summed E-state index contributed by atoms with van der Waals surface area (Å²) in [5.74, 6) is -1.09. The third-order valence-electron chi connectivity index (χ3n) is 3.15. The number of rotatable bonds is 2. The van der Waals surface area contributed by atoms with Crippen LogP contribution in [0.25, 0.3) is 0 Å². The Labute approximate surface area is 140 Å². The van der Waals surface area contributed by atoms with E-state index in [0.717, 1.165) is 4.47 Å². The summed E-state index contributed by atoms with van der Waals surface area (Å²) in [5, 5.41) is 2.73. The molecule has 1 aromatic heterocycles. The van der Waals surface area contributed by atoms with Gasteiger partial charge in [-0.2, -0.15) is 0 Å². The fraction of sp³-hybridized carbons (Fsp3) is 0.125. The lowest BCUT2D eigenvalue weighted by molar-refractivity contribution is -0.151. The molecule has 1 unspecified atom stereocenters. The number of anilines is 1. The average Bonchev–Trinajstić information content (AvgIpc) is 2.65. The van der Waals surface area contributed by atoms with Crippen molar-refractivity contribution in [2.24, 2.45) is 4.99 Å². The van der Waals surface area contributed by atoms with E-state index >= 15 is 0 Å². The van der Waals surface area contributed by atoms with Crippen molar-refractivity contribution in [1.29, 1.82) is 0 Å². The summed E-state index contributed by atoms with van der Waals surface area (Å²) in [6, 6.07) is 10.8. The summed E-state index contributed by atoms with van der Waals surface area (Å²) in [6.45, 7) is 1.23. The Kier molecular flexibility index (Phi) is 4.20.